The van der Waals surface area contributed by atoms with Gasteiger partial charge in [-0.05, 0) is 18.2 Å². The van der Waals surface area contributed by atoms with Crippen LogP contribution in [0.1, 0.15) is 12.5 Å². The van der Waals surface area contributed by atoms with Gasteiger partial charge in [-0.1, -0.05) is 0 Å². The van der Waals surface area contributed by atoms with E-state index < -0.39 is 26.9 Å². The average molecular weight is 397 g/mol. The fourth-order valence-electron chi connectivity index (χ4n) is 2.32. The van der Waals surface area contributed by atoms with Gasteiger partial charge in [0.25, 0.3) is 5.69 Å². The Morgan fingerprint density at radius 3 is 2.34 bits per heavy atom. The molecule has 12 nitrogen and oxygen atoms in total. The first kappa shape index (κ1) is 20.9. The number of nitriles is 1. The van der Waals surface area contributed by atoms with E-state index in [1.54, 1.807) is 37.2 Å². The van der Waals surface area contributed by atoms with Crippen LogP contribution < -0.4 is 10.2 Å². The van der Waals surface area contributed by atoms with Crippen LogP contribution in [0.2, 0.25) is 0 Å². The molecule has 0 spiro atoms. The lowest BCUT2D eigenvalue weighted by molar-refractivity contribution is -0.393. The van der Waals surface area contributed by atoms with Crippen molar-refractivity contribution in [2.24, 2.45) is 10.2 Å². The second kappa shape index (κ2) is 8.53. The van der Waals surface area contributed by atoms with Crippen molar-refractivity contribution < 1.29 is 14.6 Å². The molecule has 29 heavy (non-hydrogen) atoms. The smallest absolute Gasteiger partial charge is 0.304 e. The third-order valence-corrected chi connectivity index (χ3v) is 3.67. The van der Waals surface area contributed by atoms with Crippen molar-refractivity contribution in [1.29, 1.82) is 5.26 Å². The molecule has 0 unspecified atom stereocenters. The Kier molecular flexibility index (Phi) is 6.15. The van der Waals surface area contributed by atoms with E-state index in [0.29, 0.717) is 11.8 Å². The summed E-state index contributed by atoms with van der Waals surface area (Å²) in [5.74, 6) is -0.364. The molecular weight excluding hydrogens is 382 g/mol. The van der Waals surface area contributed by atoms with E-state index in [1.165, 1.54) is 13.0 Å². The number of nitro groups is 2. The van der Waals surface area contributed by atoms with Gasteiger partial charge in [-0.3, -0.25) is 25.0 Å². The molecule has 1 N–H and O–H groups in total. The van der Waals surface area contributed by atoms with E-state index in [-0.39, 0.29) is 17.2 Å². The summed E-state index contributed by atoms with van der Waals surface area (Å²) in [6.45, 7) is 1.30. The van der Waals surface area contributed by atoms with Gasteiger partial charge in [0.15, 0.2) is 5.69 Å². The number of carbonyl (C=O) groups is 1. The van der Waals surface area contributed by atoms with Gasteiger partial charge in [0.05, 0.1) is 27.2 Å². The monoisotopic (exact) mass is 397 g/mol. The molecule has 0 radical (unpaired) electrons. The summed E-state index contributed by atoms with van der Waals surface area (Å²) in [5, 5.41) is 41.8. The van der Waals surface area contributed by atoms with Crippen LogP contribution in [0.4, 0.5) is 34.1 Å². The third kappa shape index (κ3) is 4.86. The molecule has 0 aromatic heterocycles. The average Bonchev–Trinajstić information content (AvgIpc) is 2.65. The van der Waals surface area contributed by atoms with Gasteiger partial charge in [0, 0.05) is 32.8 Å². The first-order chi connectivity index (χ1) is 13.6. The lowest BCUT2D eigenvalue weighted by Gasteiger charge is -2.15. The van der Waals surface area contributed by atoms with E-state index >= 15 is 0 Å². The van der Waals surface area contributed by atoms with Crippen LogP contribution in [0.3, 0.4) is 0 Å². The summed E-state index contributed by atoms with van der Waals surface area (Å²) in [6, 6.07) is 8.10. The van der Waals surface area contributed by atoms with Crippen molar-refractivity contribution in [2.45, 2.75) is 6.92 Å². The molecule has 2 rings (SSSR count). The Labute approximate surface area is 164 Å². The molecule has 0 aliphatic heterocycles. The maximum Gasteiger partial charge on any atom is 0.304 e. The Morgan fingerprint density at radius 2 is 1.83 bits per heavy atom. The topological polar surface area (TPSA) is 167 Å². The number of amides is 1. The molecule has 12 heteroatoms. The van der Waals surface area contributed by atoms with Gasteiger partial charge < -0.3 is 10.2 Å². The lowest BCUT2D eigenvalue weighted by Crippen LogP contribution is -2.10. The van der Waals surface area contributed by atoms with Crippen LogP contribution >= 0.6 is 0 Å². The highest BCUT2D eigenvalue weighted by Crippen LogP contribution is 2.37. The van der Waals surface area contributed by atoms with Crippen LogP contribution in [-0.2, 0) is 4.79 Å². The SMILES string of the molecule is CC(=O)Nc1cc(N(C)C)ccc1/N=N/c1c(C#N)cc([N+](=O)[O-])cc1[N+](=O)[O-]. The number of hydrogen-bond donors (Lipinski definition) is 1. The van der Waals surface area contributed by atoms with Crippen LogP contribution in [0.5, 0.6) is 0 Å². The number of nitro benzene ring substituents is 2. The van der Waals surface area contributed by atoms with E-state index in [2.05, 4.69) is 15.5 Å². The standard InChI is InChI=1S/C17H15N7O5/c1-10(25)19-15-7-12(22(2)3)4-5-14(15)20-21-17-11(9-18)6-13(23(26)27)8-16(17)24(28)29/h4-8H,1-3H3,(H,19,25)/b21-20+. The zero-order valence-electron chi connectivity index (χ0n) is 15.6. The van der Waals surface area contributed by atoms with Crippen molar-refractivity contribution in [3.63, 3.8) is 0 Å². The number of hydrogen-bond acceptors (Lipinski definition) is 9. The zero-order chi connectivity index (χ0) is 21.7. The van der Waals surface area contributed by atoms with Crippen molar-refractivity contribution >= 4 is 40.0 Å². The second-order valence-electron chi connectivity index (χ2n) is 5.96. The number of anilines is 2. The summed E-state index contributed by atoms with van der Waals surface area (Å²) in [5.41, 5.74) is -0.897. The van der Waals surface area contributed by atoms with Crippen LogP contribution in [0.25, 0.3) is 0 Å². The van der Waals surface area contributed by atoms with E-state index in [1.807, 2.05) is 0 Å². The van der Waals surface area contributed by atoms with Crippen molar-refractivity contribution in [3.05, 3.63) is 56.1 Å². The maximum absolute atomic E-state index is 11.5. The van der Waals surface area contributed by atoms with E-state index in [0.717, 1.165) is 11.8 Å². The molecular formula is C17H15N7O5. The summed E-state index contributed by atoms with van der Waals surface area (Å²) in [6.07, 6.45) is 0. The number of azo groups is 1. The largest absolute Gasteiger partial charge is 0.378 e. The highest BCUT2D eigenvalue weighted by Gasteiger charge is 2.24. The highest BCUT2D eigenvalue weighted by atomic mass is 16.6. The third-order valence-electron chi connectivity index (χ3n) is 3.67. The van der Waals surface area contributed by atoms with Gasteiger partial charge >= 0.3 is 5.69 Å². The summed E-state index contributed by atoms with van der Waals surface area (Å²) in [7, 11) is 3.60. The van der Waals surface area contributed by atoms with E-state index in [9.17, 15) is 30.3 Å². The van der Waals surface area contributed by atoms with E-state index in [4.69, 9.17) is 0 Å². The van der Waals surface area contributed by atoms with Gasteiger partial charge in [-0.2, -0.15) is 5.26 Å². The number of nitrogens with one attached hydrogen (secondary N) is 1. The van der Waals surface area contributed by atoms with Gasteiger partial charge in [0.1, 0.15) is 11.8 Å². The molecule has 148 valence electrons. The number of benzene rings is 2. The van der Waals surface area contributed by atoms with Crippen LogP contribution in [-0.4, -0.2) is 29.8 Å². The molecule has 0 aliphatic rings. The minimum atomic E-state index is -0.883. The molecule has 2 aromatic carbocycles. The van der Waals surface area contributed by atoms with Gasteiger partial charge in [-0.25, -0.2) is 0 Å². The number of nitrogens with zero attached hydrogens (tertiary/aromatic N) is 6. The Hall–Kier alpha value is -4.40. The van der Waals surface area contributed by atoms with Crippen LogP contribution in [0.15, 0.2) is 40.6 Å². The molecule has 0 saturated carbocycles. The normalized spacial score (nSPS) is 10.4. The quantitative estimate of drug-likeness (QED) is 0.439. The fraction of sp³-hybridized carbons (Fsp3) is 0.176. The minimum Gasteiger partial charge on any atom is -0.378 e. The molecule has 1 amide bonds. The van der Waals surface area contributed by atoms with Crippen molar-refractivity contribution in [2.75, 3.05) is 24.3 Å². The maximum atomic E-state index is 11.5. The van der Waals surface area contributed by atoms with Crippen LogP contribution in [0, 0.1) is 31.6 Å². The second-order valence-corrected chi connectivity index (χ2v) is 5.96. The highest BCUT2D eigenvalue weighted by molar-refractivity contribution is 5.93. The Balaban J connectivity index is 2.62. The lowest BCUT2D eigenvalue weighted by atomic mass is 10.1. The molecule has 0 aliphatic carbocycles. The van der Waals surface area contributed by atoms with Gasteiger partial charge in [-0.15, -0.1) is 10.2 Å². The number of rotatable bonds is 6. The number of non-ortho nitro benzene ring substituents is 1. The van der Waals surface area contributed by atoms with Crippen molar-refractivity contribution in [1.82, 2.24) is 0 Å². The molecule has 0 bridgehead atoms. The number of carbonyl (C=O) groups excluding carboxylic acids is 1. The predicted molar refractivity (Wildman–Crippen MR) is 104 cm³/mol. The fourth-order valence-corrected chi connectivity index (χ4v) is 2.32. The summed E-state index contributed by atoms with van der Waals surface area (Å²) < 4.78 is 0. The molecule has 2 aromatic rings. The Morgan fingerprint density at radius 1 is 1.14 bits per heavy atom. The Bertz CT molecular complexity index is 1070. The molecule has 0 fully saturated rings. The van der Waals surface area contributed by atoms with Crippen molar-refractivity contribution in [3.8, 4) is 6.07 Å². The molecule has 0 saturated heterocycles. The summed E-state index contributed by atoms with van der Waals surface area (Å²) in [4.78, 5) is 33.8. The first-order valence-electron chi connectivity index (χ1n) is 8.01. The van der Waals surface area contributed by atoms with Gasteiger partial charge in [0.2, 0.25) is 5.91 Å². The molecule has 0 atom stereocenters. The molecule has 0 heterocycles. The first-order valence-corrected chi connectivity index (χ1v) is 8.01. The minimum absolute atomic E-state index is 0.183. The predicted octanol–water partition coefficient (Wildman–Crippen LogP) is 3.81. The summed E-state index contributed by atoms with van der Waals surface area (Å²) >= 11 is 0. The zero-order valence-corrected chi connectivity index (χ0v) is 15.6.